The molecule has 0 saturated carbocycles. The molecule has 1 amide bonds. The Kier molecular flexibility index (Phi) is 6.39. The predicted octanol–water partition coefficient (Wildman–Crippen LogP) is 2.86. The molecule has 144 valence electrons. The van der Waals surface area contributed by atoms with Gasteiger partial charge < -0.3 is 14.4 Å². The van der Waals surface area contributed by atoms with E-state index in [2.05, 4.69) is 16.8 Å². The second-order valence-electron chi connectivity index (χ2n) is 6.18. The maximum absolute atomic E-state index is 12.3. The second-order valence-corrected chi connectivity index (χ2v) is 7.13. The molecule has 27 heavy (non-hydrogen) atoms. The lowest BCUT2D eigenvalue weighted by atomic mass is 10.2. The molecule has 0 radical (unpaired) electrons. The summed E-state index contributed by atoms with van der Waals surface area (Å²) in [6.07, 6.45) is 3.96. The molecule has 1 aromatic carbocycles. The molecule has 2 aromatic rings. The van der Waals surface area contributed by atoms with Gasteiger partial charge in [0.25, 0.3) is 0 Å². The molecule has 0 N–H and O–H groups in total. The van der Waals surface area contributed by atoms with Gasteiger partial charge in [-0.3, -0.25) is 9.36 Å². The van der Waals surface area contributed by atoms with Crippen LogP contribution >= 0.6 is 11.8 Å². The van der Waals surface area contributed by atoms with Crippen molar-refractivity contribution in [3.05, 3.63) is 30.9 Å². The number of thioether (sulfide) groups is 1. The van der Waals surface area contributed by atoms with Crippen LogP contribution in [0.1, 0.15) is 12.8 Å². The van der Waals surface area contributed by atoms with Crippen LogP contribution in [0, 0.1) is 0 Å². The minimum Gasteiger partial charge on any atom is -0.497 e. The largest absolute Gasteiger partial charge is 0.497 e. The first-order valence-corrected chi connectivity index (χ1v) is 9.83. The van der Waals surface area contributed by atoms with Crippen molar-refractivity contribution >= 4 is 17.7 Å². The van der Waals surface area contributed by atoms with Crippen LogP contribution in [0.2, 0.25) is 0 Å². The summed E-state index contributed by atoms with van der Waals surface area (Å²) in [6, 6.07) is 5.58. The molecule has 1 aromatic heterocycles. The molecule has 3 rings (SSSR count). The van der Waals surface area contributed by atoms with Crippen LogP contribution in [0.5, 0.6) is 11.5 Å². The van der Waals surface area contributed by atoms with Crippen molar-refractivity contribution in [3.63, 3.8) is 0 Å². The summed E-state index contributed by atoms with van der Waals surface area (Å²) in [6.45, 7) is 6.08. The Balaban J connectivity index is 1.84. The molecule has 0 spiro atoms. The Morgan fingerprint density at radius 2 is 1.85 bits per heavy atom. The van der Waals surface area contributed by atoms with Crippen molar-refractivity contribution in [1.82, 2.24) is 19.7 Å². The number of amides is 1. The van der Waals surface area contributed by atoms with E-state index in [1.54, 1.807) is 20.3 Å². The van der Waals surface area contributed by atoms with Crippen LogP contribution < -0.4 is 9.47 Å². The molecule has 8 heteroatoms. The SMILES string of the molecule is C=CCn1c(SCC(=O)N2CCCC2)nnc1-c1cc(OC)cc(OC)c1. The molecule has 0 aliphatic carbocycles. The summed E-state index contributed by atoms with van der Waals surface area (Å²) in [5, 5.41) is 9.33. The van der Waals surface area contributed by atoms with Gasteiger partial charge in [-0.2, -0.15) is 0 Å². The van der Waals surface area contributed by atoms with Gasteiger partial charge in [-0.05, 0) is 25.0 Å². The molecule has 1 fully saturated rings. The lowest BCUT2D eigenvalue weighted by molar-refractivity contribution is -0.127. The number of carbonyl (C=O) groups is 1. The maximum Gasteiger partial charge on any atom is 0.233 e. The zero-order chi connectivity index (χ0) is 19.2. The van der Waals surface area contributed by atoms with Crippen LogP contribution in [0.4, 0.5) is 0 Å². The molecule has 1 aliphatic rings. The summed E-state index contributed by atoms with van der Waals surface area (Å²) < 4.78 is 12.6. The van der Waals surface area contributed by atoms with Crippen LogP contribution in [0.15, 0.2) is 36.0 Å². The highest BCUT2D eigenvalue weighted by molar-refractivity contribution is 7.99. The van der Waals surface area contributed by atoms with Gasteiger partial charge >= 0.3 is 0 Å². The van der Waals surface area contributed by atoms with E-state index in [0.717, 1.165) is 31.5 Å². The van der Waals surface area contributed by atoms with Gasteiger partial charge in [0.2, 0.25) is 5.91 Å². The Hall–Kier alpha value is -2.48. The number of nitrogens with zero attached hydrogens (tertiary/aromatic N) is 4. The van der Waals surface area contributed by atoms with Gasteiger partial charge in [0.05, 0.1) is 20.0 Å². The minimum atomic E-state index is 0.148. The van der Waals surface area contributed by atoms with E-state index in [4.69, 9.17) is 9.47 Å². The summed E-state index contributed by atoms with van der Waals surface area (Å²) in [5.74, 6) is 2.54. The highest BCUT2D eigenvalue weighted by Gasteiger charge is 2.20. The third-order valence-corrected chi connectivity index (χ3v) is 5.37. The fourth-order valence-electron chi connectivity index (χ4n) is 3.02. The lowest BCUT2D eigenvalue weighted by Gasteiger charge is -2.14. The number of benzene rings is 1. The van der Waals surface area contributed by atoms with E-state index in [1.807, 2.05) is 27.7 Å². The quantitative estimate of drug-likeness (QED) is 0.512. The standard InChI is InChI=1S/C19H24N4O3S/c1-4-7-23-18(14-10-15(25-2)12-16(11-14)26-3)20-21-19(23)27-13-17(24)22-8-5-6-9-22/h4,10-12H,1,5-9,13H2,2-3H3. The lowest BCUT2D eigenvalue weighted by Crippen LogP contribution is -2.29. The van der Waals surface area contributed by atoms with Gasteiger partial charge in [-0.1, -0.05) is 17.8 Å². The Morgan fingerprint density at radius 1 is 1.19 bits per heavy atom. The highest BCUT2D eigenvalue weighted by atomic mass is 32.2. The van der Waals surface area contributed by atoms with E-state index in [1.165, 1.54) is 11.8 Å². The van der Waals surface area contributed by atoms with Crippen LogP contribution in [-0.4, -0.2) is 58.6 Å². The molecule has 1 saturated heterocycles. The molecule has 1 aliphatic heterocycles. The predicted molar refractivity (Wildman–Crippen MR) is 105 cm³/mol. The number of hydrogen-bond donors (Lipinski definition) is 0. The zero-order valence-electron chi connectivity index (χ0n) is 15.7. The fourth-order valence-corrected chi connectivity index (χ4v) is 3.87. The number of ether oxygens (including phenoxy) is 2. The number of hydrogen-bond acceptors (Lipinski definition) is 6. The summed E-state index contributed by atoms with van der Waals surface area (Å²) in [4.78, 5) is 14.2. The highest BCUT2D eigenvalue weighted by Crippen LogP contribution is 2.31. The minimum absolute atomic E-state index is 0.148. The summed E-state index contributed by atoms with van der Waals surface area (Å²) >= 11 is 1.41. The van der Waals surface area contributed by atoms with E-state index in [9.17, 15) is 4.79 Å². The van der Waals surface area contributed by atoms with Gasteiger partial charge in [-0.15, -0.1) is 16.8 Å². The first kappa shape index (κ1) is 19.3. The number of carbonyl (C=O) groups excluding carboxylic acids is 1. The van der Waals surface area contributed by atoms with Crippen LogP contribution in [0.3, 0.4) is 0 Å². The topological polar surface area (TPSA) is 69.5 Å². The van der Waals surface area contributed by atoms with Crippen molar-refractivity contribution in [2.75, 3.05) is 33.1 Å². The number of allylic oxidation sites excluding steroid dienone is 1. The molecule has 0 unspecified atom stereocenters. The monoisotopic (exact) mass is 388 g/mol. The summed E-state index contributed by atoms with van der Waals surface area (Å²) in [7, 11) is 3.22. The molecular formula is C19H24N4O3S. The van der Waals surface area contributed by atoms with Crippen molar-refractivity contribution in [2.45, 2.75) is 24.5 Å². The number of likely N-dealkylation sites (tertiary alicyclic amines) is 1. The van der Waals surface area contributed by atoms with Crippen molar-refractivity contribution in [2.24, 2.45) is 0 Å². The summed E-state index contributed by atoms with van der Waals surface area (Å²) in [5.41, 5.74) is 0.832. The normalized spacial score (nSPS) is 13.6. The molecular weight excluding hydrogens is 364 g/mol. The average molecular weight is 388 g/mol. The van der Waals surface area contributed by atoms with Gasteiger partial charge in [0.15, 0.2) is 11.0 Å². The number of rotatable bonds is 8. The third-order valence-electron chi connectivity index (χ3n) is 4.42. The van der Waals surface area contributed by atoms with E-state index in [-0.39, 0.29) is 5.91 Å². The first-order valence-electron chi connectivity index (χ1n) is 8.84. The van der Waals surface area contributed by atoms with Crippen LogP contribution in [-0.2, 0) is 11.3 Å². The second kappa shape index (κ2) is 8.94. The Bertz CT molecular complexity index is 793. The van der Waals surface area contributed by atoms with Crippen molar-refractivity contribution in [3.8, 4) is 22.9 Å². The number of methoxy groups -OCH3 is 2. The van der Waals surface area contributed by atoms with Gasteiger partial charge in [-0.25, -0.2) is 0 Å². The molecule has 2 heterocycles. The molecule has 7 nitrogen and oxygen atoms in total. The van der Waals surface area contributed by atoms with Crippen LogP contribution in [0.25, 0.3) is 11.4 Å². The first-order chi connectivity index (χ1) is 13.2. The third kappa shape index (κ3) is 4.44. The van der Waals surface area contributed by atoms with Gasteiger partial charge in [0.1, 0.15) is 11.5 Å². The average Bonchev–Trinajstić information content (AvgIpc) is 3.36. The maximum atomic E-state index is 12.3. The van der Waals surface area contributed by atoms with E-state index >= 15 is 0 Å². The zero-order valence-corrected chi connectivity index (χ0v) is 16.5. The fraction of sp³-hybridized carbons (Fsp3) is 0.421. The molecule has 0 atom stereocenters. The Morgan fingerprint density at radius 3 is 2.44 bits per heavy atom. The van der Waals surface area contributed by atoms with E-state index in [0.29, 0.717) is 34.8 Å². The molecule has 0 bridgehead atoms. The Labute approximate surface area is 163 Å². The number of aromatic nitrogens is 3. The van der Waals surface area contributed by atoms with Crippen molar-refractivity contribution < 1.29 is 14.3 Å². The van der Waals surface area contributed by atoms with Crippen molar-refractivity contribution in [1.29, 1.82) is 0 Å². The smallest absolute Gasteiger partial charge is 0.233 e. The van der Waals surface area contributed by atoms with E-state index < -0.39 is 0 Å². The van der Waals surface area contributed by atoms with Gasteiger partial charge in [0, 0.05) is 31.3 Å².